The van der Waals surface area contributed by atoms with Crippen LogP contribution in [-0.4, -0.2) is 22.2 Å². The van der Waals surface area contributed by atoms with Crippen LogP contribution in [0.4, 0.5) is 17.6 Å². The third-order valence-electron chi connectivity index (χ3n) is 1.69. The number of hydrogen-bond acceptors (Lipinski definition) is 2. The molecule has 0 fully saturated rings. The second-order valence-corrected chi connectivity index (χ2v) is 2.62. The monoisotopic (exact) mass is 238 g/mol. The van der Waals surface area contributed by atoms with E-state index >= 15 is 0 Å². The Bertz CT molecular complexity index is 423. The molecule has 1 aromatic rings. The Morgan fingerprint density at radius 3 is 1.00 bits per heavy atom. The highest BCUT2D eigenvalue weighted by Crippen LogP contribution is 2.24. The zero-order valence-electron chi connectivity index (χ0n) is 7.22. The molecule has 0 amide bonds. The lowest BCUT2D eigenvalue weighted by molar-refractivity contribution is 0.0658. The van der Waals surface area contributed by atoms with E-state index in [4.69, 9.17) is 10.2 Å². The Morgan fingerprint density at radius 2 is 0.875 bits per heavy atom. The molecule has 1 rings (SSSR count). The minimum Gasteiger partial charge on any atom is -0.477 e. The van der Waals surface area contributed by atoms with E-state index in [1.807, 2.05) is 0 Å². The number of carboxylic acids is 2. The molecule has 0 aromatic heterocycles. The van der Waals surface area contributed by atoms with Crippen molar-refractivity contribution in [3.05, 3.63) is 34.4 Å². The van der Waals surface area contributed by atoms with E-state index in [1.165, 1.54) is 0 Å². The van der Waals surface area contributed by atoms with E-state index in [2.05, 4.69) is 0 Å². The topological polar surface area (TPSA) is 74.6 Å². The largest absolute Gasteiger partial charge is 0.477 e. The molecular weight excluding hydrogens is 236 g/mol. The van der Waals surface area contributed by atoms with E-state index in [1.54, 1.807) is 0 Å². The summed E-state index contributed by atoms with van der Waals surface area (Å²) in [7, 11) is 0. The van der Waals surface area contributed by atoms with Crippen LogP contribution >= 0.6 is 0 Å². The molecule has 0 bridgehead atoms. The summed E-state index contributed by atoms with van der Waals surface area (Å²) in [4.78, 5) is 20.5. The molecule has 0 aliphatic heterocycles. The molecule has 0 radical (unpaired) electrons. The summed E-state index contributed by atoms with van der Waals surface area (Å²) in [5.41, 5.74) is -3.75. The first-order chi connectivity index (χ1) is 7.29. The molecule has 0 aliphatic rings. The number of rotatable bonds is 2. The van der Waals surface area contributed by atoms with E-state index in [0.29, 0.717) is 0 Å². The van der Waals surface area contributed by atoms with Gasteiger partial charge in [-0.3, -0.25) is 0 Å². The molecule has 2 N–H and O–H groups in total. The van der Waals surface area contributed by atoms with Crippen molar-refractivity contribution >= 4 is 11.9 Å². The summed E-state index contributed by atoms with van der Waals surface area (Å²) in [6.45, 7) is 0. The highest BCUT2D eigenvalue weighted by molar-refractivity contribution is 5.92. The average molecular weight is 238 g/mol. The molecule has 0 atom stereocenters. The van der Waals surface area contributed by atoms with Gasteiger partial charge in [0.1, 0.15) is 11.1 Å². The molecule has 0 aliphatic carbocycles. The maximum absolute atomic E-state index is 12.9. The van der Waals surface area contributed by atoms with Gasteiger partial charge in [-0.25, -0.2) is 27.2 Å². The number of halogens is 4. The second-order valence-electron chi connectivity index (χ2n) is 2.62. The predicted molar refractivity (Wildman–Crippen MR) is 40.2 cm³/mol. The fraction of sp³-hybridized carbons (Fsp3) is 0. The van der Waals surface area contributed by atoms with Gasteiger partial charge >= 0.3 is 11.9 Å². The van der Waals surface area contributed by atoms with Gasteiger partial charge in [0.25, 0.3) is 0 Å². The van der Waals surface area contributed by atoms with Gasteiger partial charge in [0.05, 0.1) is 0 Å². The van der Waals surface area contributed by atoms with Gasteiger partial charge in [-0.15, -0.1) is 0 Å². The van der Waals surface area contributed by atoms with Crippen molar-refractivity contribution in [3.63, 3.8) is 0 Å². The molecular formula is C8H2F4O4. The molecule has 16 heavy (non-hydrogen) atoms. The van der Waals surface area contributed by atoms with Crippen LogP contribution in [0.15, 0.2) is 0 Å². The van der Waals surface area contributed by atoms with Crippen LogP contribution in [0.2, 0.25) is 0 Å². The number of benzene rings is 1. The SMILES string of the molecule is O=C(O)c1c(F)c(F)c(C(=O)O)c(F)c1F. The molecule has 86 valence electrons. The quantitative estimate of drug-likeness (QED) is 0.606. The number of aromatic carboxylic acids is 2. The van der Waals surface area contributed by atoms with Gasteiger partial charge in [0, 0.05) is 0 Å². The van der Waals surface area contributed by atoms with Crippen LogP contribution in [0.3, 0.4) is 0 Å². The van der Waals surface area contributed by atoms with E-state index < -0.39 is 46.3 Å². The molecule has 0 heterocycles. The Balaban J connectivity index is 3.77. The molecule has 4 nitrogen and oxygen atoms in total. The summed E-state index contributed by atoms with van der Waals surface area (Å²) in [6.07, 6.45) is 0. The van der Waals surface area contributed by atoms with Gasteiger partial charge in [0.2, 0.25) is 0 Å². The van der Waals surface area contributed by atoms with Crippen LogP contribution in [0.1, 0.15) is 20.7 Å². The van der Waals surface area contributed by atoms with Crippen molar-refractivity contribution in [2.45, 2.75) is 0 Å². The Kier molecular flexibility index (Phi) is 2.84. The Morgan fingerprint density at radius 1 is 0.688 bits per heavy atom. The van der Waals surface area contributed by atoms with Gasteiger partial charge < -0.3 is 10.2 Å². The highest BCUT2D eigenvalue weighted by atomic mass is 19.2. The van der Waals surface area contributed by atoms with Gasteiger partial charge in [0.15, 0.2) is 23.3 Å². The van der Waals surface area contributed by atoms with Crippen molar-refractivity contribution in [2.75, 3.05) is 0 Å². The minimum absolute atomic E-state index is 1.88. The second kappa shape index (κ2) is 3.80. The first-order valence-electron chi connectivity index (χ1n) is 3.61. The lowest BCUT2D eigenvalue weighted by atomic mass is 10.1. The highest BCUT2D eigenvalue weighted by Gasteiger charge is 2.31. The first kappa shape index (κ1) is 12.0. The summed E-state index contributed by atoms with van der Waals surface area (Å²) < 4.78 is 51.6. The fourth-order valence-electron chi connectivity index (χ4n) is 1.01. The summed E-state index contributed by atoms with van der Waals surface area (Å²) in [5, 5.41) is 16.5. The maximum Gasteiger partial charge on any atom is 0.341 e. The predicted octanol–water partition coefficient (Wildman–Crippen LogP) is 1.64. The molecule has 1 aromatic carbocycles. The fourth-order valence-corrected chi connectivity index (χ4v) is 1.01. The smallest absolute Gasteiger partial charge is 0.341 e. The van der Waals surface area contributed by atoms with Crippen molar-refractivity contribution in [2.24, 2.45) is 0 Å². The standard InChI is InChI=1S/C8H2F4O4/c9-3-1(7(13)14)4(10)6(12)2(5(3)11)8(15)16/h(H,13,14)(H,15,16). The number of carboxylic acid groups (broad SMARTS) is 2. The van der Waals surface area contributed by atoms with Gasteiger partial charge in [-0.2, -0.15) is 0 Å². The average Bonchev–Trinajstić information content (AvgIpc) is 2.14. The van der Waals surface area contributed by atoms with Crippen LogP contribution < -0.4 is 0 Å². The van der Waals surface area contributed by atoms with Gasteiger partial charge in [-0.1, -0.05) is 0 Å². The van der Waals surface area contributed by atoms with Crippen LogP contribution in [0.25, 0.3) is 0 Å². The van der Waals surface area contributed by atoms with E-state index in [-0.39, 0.29) is 0 Å². The zero-order valence-corrected chi connectivity index (χ0v) is 7.22. The lowest BCUT2D eigenvalue weighted by Crippen LogP contribution is -2.15. The molecule has 8 heteroatoms. The van der Waals surface area contributed by atoms with Crippen molar-refractivity contribution in [1.82, 2.24) is 0 Å². The number of hydrogen-bond donors (Lipinski definition) is 2. The zero-order chi connectivity index (χ0) is 12.6. The third-order valence-corrected chi connectivity index (χ3v) is 1.69. The summed E-state index contributed by atoms with van der Waals surface area (Å²) in [6, 6.07) is 0. The maximum atomic E-state index is 12.9. The third kappa shape index (κ3) is 1.58. The molecule has 0 saturated heterocycles. The first-order valence-corrected chi connectivity index (χ1v) is 3.61. The Hall–Kier alpha value is -2.12. The lowest BCUT2D eigenvalue weighted by Gasteiger charge is -2.05. The summed E-state index contributed by atoms with van der Waals surface area (Å²) in [5.74, 6) is -13.5. The normalized spacial score (nSPS) is 10.2. The van der Waals surface area contributed by atoms with Crippen LogP contribution in [0, 0.1) is 23.3 Å². The summed E-state index contributed by atoms with van der Waals surface area (Å²) >= 11 is 0. The van der Waals surface area contributed by atoms with Gasteiger partial charge in [-0.05, 0) is 0 Å². The molecule has 0 spiro atoms. The van der Waals surface area contributed by atoms with Crippen molar-refractivity contribution < 1.29 is 37.4 Å². The van der Waals surface area contributed by atoms with Crippen LogP contribution in [0.5, 0.6) is 0 Å². The number of carbonyl (C=O) groups is 2. The van der Waals surface area contributed by atoms with Crippen molar-refractivity contribution in [1.29, 1.82) is 0 Å². The van der Waals surface area contributed by atoms with E-state index in [9.17, 15) is 27.2 Å². The molecule has 0 unspecified atom stereocenters. The molecule has 0 saturated carbocycles. The van der Waals surface area contributed by atoms with Crippen molar-refractivity contribution in [3.8, 4) is 0 Å². The van der Waals surface area contributed by atoms with Crippen LogP contribution in [-0.2, 0) is 0 Å². The van der Waals surface area contributed by atoms with E-state index in [0.717, 1.165) is 0 Å². The minimum atomic E-state index is -2.26. The Labute approximate surface area is 84.7 Å².